The van der Waals surface area contributed by atoms with Crippen molar-refractivity contribution in [2.75, 3.05) is 0 Å². The Labute approximate surface area is 265 Å². The average molecular weight is 674 g/mol. The third kappa shape index (κ3) is 5.18. The molecule has 7 rings (SSSR count). The predicted octanol–water partition coefficient (Wildman–Crippen LogP) is 7.97. The van der Waals surface area contributed by atoms with Crippen molar-refractivity contribution in [2.45, 2.75) is 25.5 Å². The van der Waals surface area contributed by atoms with Crippen LogP contribution in [0.2, 0.25) is 10.0 Å². The average Bonchev–Trinajstić information content (AvgIpc) is 3.31. The molecule has 2 aliphatic rings. The van der Waals surface area contributed by atoms with E-state index in [0.29, 0.717) is 26.9 Å². The number of benzene rings is 4. The van der Waals surface area contributed by atoms with E-state index in [4.69, 9.17) is 32.9 Å². The van der Waals surface area contributed by atoms with Crippen LogP contribution in [-0.4, -0.2) is 4.57 Å². The SMILES string of the molecule is O=c1/c(=C\c2ccc(OCc3ccc(Cl)cc3Cl)cc2)sc2n1[C@H](c1ccc(Br)cc1)C1=C(N=2)c2ccccc2CC1. The first kappa shape index (κ1) is 27.4. The Morgan fingerprint density at radius 2 is 1.76 bits per heavy atom. The highest BCUT2D eigenvalue weighted by atomic mass is 79.9. The summed E-state index contributed by atoms with van der Waals surface area (Å²) in [5, 5.41) is 1.16. The number of nitrogens with zero attached hydrogens (tertiary/aromatic N) is 2. The molecule has 0 amide bonds. The van der Waals surface area contributed by atoms with Crippen molar-refractivity contribution >= 4 is 62.2 Å². The van der Waals surface area contributed by atoms with Gasteiger partial charge in [0.15, 0.2) is 4.80 Å². The van der Waals surface area contributed by atoms with Gasteiger partial charge in [0.2, 0.25) is 0 Å². The van der Waals surface area contributed by atoms with Gasteiger partial charge in [-0.25, -0.2) is 4.99 Å². The molecule has 42 heavy (non-hydrogen) atoms. The van der Waals surface area contributed by atoms with Crippen molar-refractivity contribution in [1.82, 2.24) is 4.57 Å². The minimum absolute atomic E-state index is 0.0326. The van der Waals surface area contributed by atoms with Crippen LogP contribution >= 0.6 is 50.5 Å². The van der Waals surface area contributed by atoms with Crippen LogP contribution in [0.1, 0.15) is 40.3 Å². The summed E-state index contributed by atoms with van der Waals surface area (Å²) >= 11 is 17.3. The van der Waals surface area contributed by atoms with E-state index in [2.05, 4.69) is 52.3 Å². The van der Waals surface area contributed by atoms with Crippen LogP contribution in [0.25, 0.3) is 11.8 Å². The molecular formula is C34H23BrCl2N2O2S. The van der Waals surface area contributed by atoms with Gasteiger partial charge in [-0.2, -0.15) is 0 Å². The predicted molar refractivity (Wildman–Crippen MR) is 174 cm³/mol. The summed E-state index contributed by atoms with van der Waals surface area (Å²) in [7, 11) is 0. The van der Waals surface area contributed by atoms with Crippen molar-refractivity contribution in [3.63, 3.8) is 0 Å². The fourth-order valence-electron chi connectivity index (χ4n) is 5.58. The van der Waals surface area contributed by atoms with E-state index < -0.39 is 0 Å². The van der Waals surface area contributed by atoms with E-state index in [0.717, 1.165) is 50.1 Å². The summed E-state index contributed by atoms with van der Waals surface area (Å²) in [4.78, 5) is 19.8. The number of fused-ring (bicyclic) bond motifs is 3. The highest BCUT2D eigenvalue weighted by molar-refractivity contribution is 9.10. The molecule has 1 aliphatic carbocycles. The van der Waals surface area contributed by atoms with Crippen LogP contribution < -0.4 is 19.6 Å². The molecule has 0 fully saturated rings. The molecule has 2 heterocycles. The number of rotatable bonds is 5. The molecule has 4 aromatic carbocycles. The van der Waals surface area contributed by atoms with Crippen LogP contribution in [0.4, 0.5) is 0 Å². The number of halogens is 3. The number of hydrogen-bond acceptors (Lipinski definition) is 4. The number of aryl methyl sites for hydroxylation is 1. The third-order valence-electron chi connectivity index (χ3n) is 7.65. The Kier molecular flexibility index (Phi) is 7.40. The summed E-state index contributed by atoms with van der Waals surface area (Å²) in [5.41, 5.74) is 7.47. The summed E-state index contributed by atoms with van der Waals surface area (Å²) < 4.78 is 9.46. The largest absolute Gasteiger partial charge is 0.489 e. The maximum Gasteiger partial charge on any atom is 0.271 e. The Hall–Kier alpha value is -3.42. The van der Waals surface area contributed by atoms with Gasteiger partial charge in [0.1, 0.15) is 12.4 Å². The van der Waals surface area contributed by atoms with Crippen molar-refractivity contribution in [2.24, 2.45) is 4.99 Å². The molecule has 0 saturated heterocycles. The van der Waals surface area contributed by atoms with Gasteiger partial charge >= 0.3 is 0 Å². The van der Waals surface area contributed by atoms with Crippen molar-refractivity contribution < 1.29 is 4.74 Å². The molecule has 208 valence electrons. The molecule has 8 heteroatoms. The molecule has 1 atom stereocenters. The smallest absolute Gasteiger partial charge is 0.271 e. The minimum Gasteiger partial charge on any atom is -0.489 e. The van der Waals surface area contributed by atoms with Crippen molar-refractivity contribution in [3.05, 3.63) is 159 Å². The molecule has 4 nitrogen and oxygen atoms in total. The second kappa shape index (κ2) is 11.3. The Morgan fingerprint density at radius 1 is 0.976 bits per heavy atom. The van der Waals surface area contributed by atoms with Crippen LogP contribution in [0.5, 0.6) is 5.75 Å². The molecule has 0 unspecified atom stereocenters. The normalized spacial score (nSPS) is 16.0. The van der Waals surface area contributed by atoms with Gasteiger partial charge in [-0.3, -0.25) is 9.36 Å². The maximum absolute atomic E-state index is 14.0. The second-order valence-electron chi connectivity index (χ2n) is 10.3. The molecular weight excluding hydrogens is 651 g/mol. The highest BCUT2D eigenvalue weighted by Crippen LogP contribution is 2.41. The van der Waals surface area contributed by atoms with Gasteiger partial charge < -0.3 is 4.74 Å². The van der Waals surface area contributed by atoms with Gasteiger partial charge in [-0.05, 0) is 77.6 Å². The zero-order valence-corrected chi connectivity index (χ0v) is 26.1. The van der Waals surface area contributed by atoms with Crippen LogP contribution in [-0.2, 0) is 13.0 Å². The van der Waals surface area contributed by atoms with Crippen LogP contribution in [0, 0.1) is 0 Å². The van der Waals surface area contributed by atoms with E-state index in [9.17, 15) is 4.79 Å². The lowest BCUT2D eigenvalue weighted by Crippen LogP contribution is -2.38. The lowest BCUT2D eigenvalue weighted by atomic mass is 9.83. The maximum atomic E-state index is 14.0. The van der Waals surface area contributed by atoms with E-state index in [1.54, 1.807) is 12.1 Å². The first-order chi connectivity index (χ1) is 20.4. The quantitative estimate of drug-likeness (QED) is 0.190. The third-order valence-corrected chi connectivity index (χ3v) is 9.74. The molecule has 0 spiro atoms. The molecule has 0 N–H and O–H groups in total. The summed E-state index contributed by atoms with van der Waals surface area (Å²) in [5.74, 6) is 0.709. The standard InChI is InChI=1S/C34H23BrCl2N2O2S/c35-24-11-7-22(8-12-24)32-28-16-10-21-3-1-2-4-27(21)31(28)38-34-39(32)33(40)30(42-34)17-20-5-14-26(15-6-20)41-19-23-9-13-25(36)18-29(23)37/h1-9,11-15,17-18,32H,10,16,19H2/b30-17+/t32-/m1/s1. The highest BCUT2D eigenvalue weighted by Gasteiger charge is 2.32. The monoisotopic (exact) mass is 672 g/mol. The first-order valence-electron chi connectivity index (χ1n) is 13.5. The van der Waals surface area contributed by atoms with Gasteiger partial charge in [-0.15, -0.1) is 0 Å². The van der Waals surface area contributed by atoms with Gasteiger partial charge in [0.25, 0.3) is 5.56 Å². The van der Waals surface area contributed by atoms with Crippen LogP contribution in [0.15, 0.2) is 111 Å². The molecule has 0 saturated carbocycles. The van der Waals surface area contributed by atoms with E-state index >= 15 is 0 Å². The topological polar surface area (TPSA) is 43.6 Å². The Balaban J connectivity index is 1.26. The minimum atomic E-state index is -0.199. The number of hydrogen-bond donors (Lipinski definition) is 0. The molecule has 1 aromatic heterocycles. The lowest BCUT2D eigenvalue weighted by Gasteiger charge is -2.30. The molecule has 0 radical (unpaired) electrons. The lowest BCUT2D eigenvalue weighted by molar-refractivity contribution is 0.306. The summed E-state index contributed by atoms with van der Waals surface area (Å²) in [6, 6.07) is 29.6. The number of ether oxygens (including phenoxy) is 1. The van der Waals surface area contributed by atoms with Crippen LogP contribution in [0.3, 0.4) is 0 Å². The van der Waals surface area contributed by atoms with Gasteiger partial charge in [0, 0.05) is 25.6 Å². The summed E-state index contributed by atoms with van der Waals surface area (Å²) in [6.45, 7) is 0.331. The first-order valence-corrected chi connectivity index (χ1v) is 15.9. The molecule has 1 aliphatic heterocycles. The van der Waals surface area contributed by atoms with Gasteiger partial charge in [0.05, 0.1) is 16.3 Å². The molecule has 0 bridgehead atoms. The molecule has 5 aromatic rings. The fourth-order valence-corrected chi connectivity index (χ4v) is 7.31. The van der Waals surface area contributed by atoms with Crippen molar-refractivity contribution in [1.29, 1.82) is 0 Å². The van der Waals surface area contributed by atoms with Gasteiger partial charge in [-0.1, -0.05) is 105 Å². The number of thiazole rings is 1. The second-order valence-corrected chi connectivity index (χ2v) is 13.0. The fraction of sp³-hybridized carbons (Fsp3) is 0.118. The Morgan fingerprint density at radius 3 is 2.55 bits per heavy atom. The zero-order valence-electron chi connectivity index (χ0n) is 22.2. The number of allylic oxidation sites excluding steroid dienone is 1. The van der Waals surface area contributed by atoms with Crippen molar-refractivity contribution in [3.8, 4) is 5.75 Å². The zero-order chi connectivity index (χ0) is 28.8. The van der Waals surface area contributed by atoms with E-state index in [1.165, 1.54) is 22.5 Å². The Bertz CT molecular complexity index is 2050. The van der Waals surface area contributed by atoms with E-state index in [1.807, 2.05) is 53.1 Å². The van der Waals surface area contributed by atoms with E-state index in [-0.39, 0.29) is 11.6 Å². The summed E-state index contributed by atoms with van der Waals surface area (Å²) in [6.07, 6.45) is 3.72. The number of aromatic nitrogens is 1.